The number of ether oxygens (including phenoxy) is 2. The van der Waals surface area contributed by atoms with Crippen LogP contribution in [0, 0.1) is 13.8 Å². The number of aryl methyl sites for hydroxylation is 2. The maximum absolute atomic E-state index is 12.5. The quantitative estimate of drug-likeness (QED) is 0.891. The summed E-state index contributed by atoms with van der Waals surface area (Å²) in [5.74, 6) is 0.948. The van der Waals surface area contributed by atoms with E-state index in [1.165, 1.54) is 12.1 Å². The number of nitrogens with one attached hydrogen (secondary N) is 2. The Morgan fingerprint density at radius 1 is 1.23 bits per heavy atom. The van der Waals surface area contributed by atoms with E-state index in [0.717, 1.165) is 0 Å². The fourth-order valence-electron chi connectivity index (χ4n) is 2.27. The van der Waals surface area contributed by atoms with Gasteiger partial charge in [-0.1, -0.05) is 11.6 Å². The Morgan fingerprint density at radius 2 is 1.86 bits per heavy atom. The summed E-state index contributed by atoms with van der Waals surface area (Å²) in [6, 6.07) is 3.04. The van der Waals surface area contributed by atoms with Crippen molar-refractivity contribution in [2.24, 2.45) is 0 Å². The highest BCUT2D eigenvalue weighted by molar-refractivity contribution is 7.92. The molecule has 22 heavy (non-hydrogen) atoms. The molecule has 118 valence electrons. The zero-order valence-electron chi connectivity index (χ0n) is 11.9. The molecule has 1 aromatic carbocycles. The van der Waals surface area contributed by atoms with E-state index in [1.54, 1.807) is 13.8 Å². The van der Waals surface area contributed by atoms with Crippen LogP contribution >= 0.6 is 11.6 Å². The molecule has 0 saturated carbocycles. The fraction of sp³-hybridized carbons (Fsp3) is 0.308. The Kier molecular flexibility index (Phi) is 3.65. The van der Waals surface area contributed by atoms with Crippen molar-refractivity contribution in [3.05, 3.63) is 28.5 Å². The SMILES string of the molecule is Cc1n[nH]c(C)c1S(=O)(=O)Nc1cc2c(cc1Cl)OCCO2. The number of aromatic nitrogens is 2. The van der Waals surface area contributed by atoms with Gasteiger partial charge >= 0.3 is 0 Å². The average molecular weight is 344 g/mol. The van der Waals surface area contributed by atoms with Crippen LogP contribution in [0.15, 0.2) is 17.0 Å². The second-order valence-electron chi connectivity index (χ2n) is 4.84. The highest BCUT2D eigenvalue weighted by Gasteiger charge is 2.24. The van der Waals surface area contributed by atoms with E-state index >= 15 is 0 Å². The molecule has 1 aromatic heterocycles. The number of hydrogen-bond donors (Lipinski definition) is 2. The first-order valence-electron chi connectivity index (χ1n) is 6.52. The molecule has 1 aliphatic rings. The minimum atomic E-state index is -3.80. The lowest BCUT2D eigenvalue weighted by atomic mass is 10.2. The number of hydrogen-bond acceptors (Lipinski definition) is 5. The molecule has 0 amide bonds. The van der Waals surface area contributed by atoms with Crippen molar-refractivity contribution < 1.29 is 17.9 Å². The van der Waals surface area contributed by atoms with Crippen LogP contribution < -0.4 is 14.2 Å². The van der Waals surface area contributed by atoms with Crippen LogP contribution in [0.1, 0.15) is 11.4 Å². The smallest absolute Gasteiger partial charge is 0.265 e. The molecule has 0 saturated heterocycles. The topological polar surface area (TPSA) is 93.3 Å². The van der Waals surface area contributed by atoms with E-state index in [9.17, 15) is 8.42 Å². The molecule has 2 N–H and O–H groups in total. The van der Waals surface area contributed by atoms with Crippen molar-refractivity contribution in [3.8, 4) is 11.5 Å². The molecular weight excluding hydrogens is 330 g/mol. The Labute approximate surface area is 132 Å². The van der Waals surface area contributed by atoms with Gasteiger partial charge in [0.15, 0.2) is 11.5 Å². The summed E-state index contributed by atoms with van der Waals surface area (Å²) in [6.45, 7) is 4.09. The Morgan fingerprint density at radius 3 is 2.45 bits per heavy atom. The molecule has 0 atom stereocenters. The van der Waals surface area contributed by atoms with Gasteiger partial charge in [0.25, 0.3) is 10.0 Å². The van der Waals surface area contributed by atoms with Gasteiger partial charge in [-0.3, -0.25) is 9.82 Å². The van der Waals surface area contributed by atoms with Gasteiger partial charge in [-0.25, -0.2) is 8.42 Å². The maximum Gasteiger partial charge on any atom is 0.265 e. The summed E-state index contributed by atoms with van der Waals surface area (Å²) < 4.78 is 38.3. The van der Waals surface area contributed by atoms with Gasteiger partial charge in [-0.2, -0.15) is 5.10 Å². The van der Waals surface area contributed by atoms with Crippen LogP contribution in [-0.4, -0.2) is 31.8 Å². The van der Waals surface area contributed by atoms with Crippen LogP contribution in [0.5, 0.6) is 11.5 Å². The third kappa shape index (κ3) is 2.59. The number of benzene rings is 1. The summed E-state index contributed by atoms with van der Waals surface area (Å²) >= 11 is 6.12. The number of fused-ring (bicyclic) bond motifs is 1. The highest BCUT2D eigenvalue weighted by Crippen LogP contribution is 2.38. The third-order valence-corrected chi connectivity index (χ3v) is 5.15. The Hall–Kier alpha value is -1.93. The van der Waals surface area contributed by atoms with E-state index in [2.05, 4.69) is 14.9 Å². The lowest BCUT2D eigenvalue weighted by molar-refractivity contribution is 0.171. The van der Waals surface area contributed by atoms with E-state index in [4.69, 9.17) is 21.1 Å². The summed E-state index contributed by atoms with van der Waals surface area (Å²) in [7, 11) is -3.80. The first-order chi connectivity index (χ1) is 10.4. The van der Waals surface area contributed by atoms with E-state index in [-0.39, 0.29) is 15.6 Å². The van der Waals surface area contributed by atoms with Crippen molar-refractivity contribution >= 4 is 27.3 Å². The number of aromatic amines is 1. The van der Waals surface area contributed by atoms with Crippen LogP contribution in [0.3, 0.4) is 0 Å². The van der Waals surface area contributed by atoms with E-state index in [0.29, 0.717) is 36.1 Å². The molecule has 2 heterocycles. The maximum atomic E-state index is 12.5. The zero-order valence-corrected chi connectivity index (χ0v) is 13.5. The molecule has 0 fully saturated rings. The second-order valence-corrected chi connectivity index (χ2v) is 6.87. The number of halogens is 1. The van der Waals surface area contributed by atoms with Crippen molar-refractivity contribution in [1.82, 2.24) is 10.2 Å². The largest absolute Gasteiger partial charge is 0.486 e. The van der Waals surface area contributed by atoms with Gasteiger partial charge in [-0.05, 0) is 13.8 Å². The lowest BCUT2D eigenvalue weighted by Gasteiger charge is -2.20. The van der Waals surface area contributed by atoms with Crippen molar-refractivity contribution in [1.29, 1.82) is 0 Å². The van der Waals surface area contributed by atoms with Gasteiger partial charge in [0.05, 0.1) is 22.1 Å². The lowest BCUT2D eigenvalue weighted by Crippen LogP contribution is -2.17. The van der Waals surface area contributed by atoms with E-state index < -0.39 is 10.0 Å². The number of sulfonamides is 1. The number of anilines is 1. The van der Waals surface area contributed by atoms with Crippen LogP contribution in [0.4, 0.5) is 5.69 Å². The van der Waals surface area contributed by atoms with Gasteiger partial charge in [-0.15, -0.1) is 0 Å². The highest BCUT2D eigenvalue weighted by atomic mass is 35.5. The van der Waals surface area contributed by atoms with Gasteiger partial charge in [0, 0.05) is 12.1 Å². The predicted molar refractivity (Wildman–Crippen MR) is 81.3 cm³/mol. The van der Waals surface area contributed by atoms with Crippen LogP contribution in [0.25, 0.3) is 0 Å². The molecule has 0 unspecified atom stereocenters. The monoisotopic (exact) mass is 343 g/mol. The first-order valence-corrected chi connectivity index (χ1v) is 8.38. The van der Waals surface area contributed by atoms with Crippen molar-refractivity contribution in [2.75, 3.05) is 17.9 Å². The average Bonchev–Trinajstić information content (AvgIpc) is 2.79. The van der Waals surface area contributed by atoms with Gasteiger partial charge < -0.3 is 9.47 Å². The summed E-state index contributed by atoms with van der Waals surface area (Å²) in [4.78, 5) is 0.110. The van der Waals surface area contributed by atoms with E-state index in [1.807, 2.05) is 0 Å². The Bertz CT molecular complexity index is 813. The minimum Gasteiger partial charge on any atom is -0.486 e. The minimum absolute atomic E-state index is 0.110. The zero-order chi connectivity index (χ0) is 15.9. The molecule has 0 spiro atoms. The third-order valence-electron chi connectivity index (χ3n) is 3.21. The normalized spacial score (nSPS) is 14.0. The van der Waals surface area contributed by atoms with Crippen molar-refractivity contribution in [3.63, 3.8) is 0 Å². The molecule has 2 aromatic rings. The molecule has 7 nitrogen and oxygen atoms in total. The van der Waals surface area contributed by atoms with Gasteiger partial charge in [0.1, 0.15) is 18.1 Å². The molecule has 1 aliphatic heterocycles. The summed E-state index contributed by atoms with van der Waals surface area (Å²) in [5.41, 5.74) is 1.07. The standard InChI is InChI=1S/C13H14ClN3O4S/c1-7-13(8(2)16-15-7)22(18,19)17-10-6-12-11(5-9(10)14)20-3-4-21-12/h5-6,17H,3-4H2,1-2H3,(H,15,16). The number of nitrogens with zero attached hydrogens (tertiary/aromatic N) is 1. The number of H-pyrrole nitrogens is 1. The number of rotatable bonds is 3. The first kappa shape index (κ1) is 15.0. The molecule has 0 aliphatic carbocycles. The fourth-order valence-corrected chi connectivity index (χ4v) is 3.98. The summed E-state index contributed by atoms with van der Waals surface area (Å²) in [6.07, 6.45) is 0. The molecule has 3 rings (SSSR count). The second kappa shape index (κ2) is 5.36. The van der Waals surface area contributed by atoms with Crippen LogP contribution in [0.2, 0.25) is 5.02 Å². The molecule has 0 radical (unpaired) electrons. The Balaban J connectivity index is 1.99. The molecule has 9 heteroatoms. The summed E-state index contributed by atoms with van der Waals surface area (Å²) in [5, 5.41) is 6.77. The predicted octanol–water partition coefficient (Wildman–Crippen LogP) is 2.25. The molecule has 0 bridgehead atoms. The van der Waals surface area contributed by atoms with Gasteiger partial charge in [0.2, 0.25) is 0 Å². The molecular formula is C13H14ClN3O4S. The van der Waals surface area contributed by atoms with Crippen LogP contribution in [-0.2, 0) is 10.0 Å². The van der Waals surface area contributed by atoms with Crippen molar-refractivity contribution in [2.45, 2.75) is 18.7 Å².